The first-order valence-corrected chi connectivity index (χ1v) is 4.08. The van der Waals surface area contributed by atoms with Gasteiger partial charge >= 0.3 is 0 Å². The molecule has 0 aliphatic rings. The van der Waals surface area contributed by atoms with Gasteiger partial charge in [0.25, 0.3) is 0 Å². The maximum atomic E-state index is 12.3. The van der Waals surface area contributed by atoms with Crippen LogP contribution in [0.5, 0.6) is 0 Å². The summed E-state index contributed by atoms with van der Waals surface area (Å²) in [4.78, 5) is 0. The van der Waals surface area contributed by atoms with Crippen molar-refractivity contribution in [3.8, 4) is 0 Å². The smallest absolute Gasteiger partial charge is 0.123 e. The van der Waals surface area contributed by atoms with Gasteiger partial charge in [0.2, 0.25) is 0 Å². The van der Waals surface area contributed by atoms with Gasteiger partial charge in [-0.15, -0.1) is 9.24 Å². The van der Waals surface area contributed by atoms with Crippen molar-refractivity contribution in [2.45, 2.75) is 13.8 Å². The summed E-state index contributed by atoms with van der Waals surface area (Å²) >= 11 is 0. The Morgan fingerprint density at radius 2 is 1.91 bits per heavy atom. The molecule has 3 heteroatoms. The highest BCUT2D eigenvalue weighted by Crippen LogP contribution is 2.04. The molecule has 0 aliphatic heterocycles. The molecule has 0 heterocycles. The monoisotopic (exact) mass is 173 g/mol. The van der Waals surface area contributed by atoms with Crippen molar-refractivity contribution >= 4 is 20.2 Å². The average Bonchev–Trinajstić information content (AvgIpc) is 2.02. The van der Waals surface area contributed by atoms with E-state index in [0.717, 1.165) is 0 Å². The third kappa shape index (κ3) is 3.33. The summed E-state index contributed by atoms with van der Waals surface area (Å²) in [6.45, 7) is 4.00. The van der Waals surface area contributed by atoms with Gasteiger partial charge in [0, 0.05) is 5.69 Å². The number of anilines is 1. The Labute approximate surface area is 69.0 Å². The van der Waals surface area contributed by atoms with Crippen LogP contribution in [0.4, 0.5) is 10.1 Å². The van der Waals surface area contributed by atoms with Crippen LogP contribution in [0.3, 0.4) is 0 Å². The zero-order valence-electron chi connectivity index (χ0n) is 6.76. The summed E-state index contributed by atoms with van der Waals surface area (Å²) in [6.07, 6.45) is 0. The molecule has 1 rings (SSSR count). The summed E-state index contributed by atoms with van der Waals surface area (Å²) in [5.74, 6) is -0.255. The van der Waals surface area contributed by atoms with Gasteiger partial charge in [0.15, 0.2) is 0 Å². The van der Waals surface area contributed by atoms with Crippen molar-refractivity contribution in [2.24, 2.45) is 0 Å². The zero-order valence-corrected chi connectivity index (χ0v) is 7.92. The molecule has 0 bridgehead atoms. The fourth-order valence-corrected chi connectivity index (χ4v) is 0.801. The zero-order chi connectivity index (χ0) is 8.85. The Bertz CT molecular complexity index is 225. The highest BCUT2D eigenvalue weighted by molar-refractivity contribution is 7.28. The van der Waals surface area contributed by atoms with Gasteiger partial charge in [-0.25, -0.2) is 4.39 Å². The first-order chi connectivity index (χ1) is 5.20. The van der Waals surface area contributed by atoms with E-state index < -0.39 is 0 Å². The molecule has 0 saturated heterocycles. The second-order valence-electron chi connectivity index (χ2n) is 1.77. The molecule has 0 saturated carbocycles. The molecule has 0 fully saturated rings. The minimum atomic E-state index is -0.255. The van der Waals surface area contributed by atoms with Crippen LogP contribution in [0, 0.1) is 5.82 Å². The Morgan fingerprint density at radius 3 is 2.27 bits per heavy atom. The van der Waals surface area contributed by atoms with E-state index in [2.05, 4.69) is 9.24 Å². The van der Waals surface area contributed by atoms with Crippen LogP contribution in [0.25, 0.3) is 0 Å². The molecule has 0 aliphatic carbocycles. The van der Waals surface area contributed by atoms with Gasteiger partial charge in [0.05, 0.1) is 0 Å². The number of hydrogen-bond donors (Lipinski definition) is 1. The van der Waals surface area contributed by atoms with Gasteiger partial charge in [-0.3, -0.25) is 0 Å². The summed E-state index contributed by atoms with van der Waals surface area (Å²) in [7, 11) is 2.36. The van der Waals surface area contributed by atoms with Crippen molar-refractivity contribution in [2.75, 3.05) is 5.73 Å². The molecule has 0 aromatic heterocycles. The van der Waals surface area contributed by atoms with E-state index in [1.54, 1.807) is 0 Å². The topological polar surface area (TPSA) is 26.0 Å². The van der Waals surface area contributed by atoms with Crippen LogP contribution >= 0.6 is 9.24 Å². The molecular weight excluding hydrogens is 160 g/mol. The fraction of sp³-hybridized carbons (Fsp3) is 0.250. The molecule has 0 spiro atoms. The normalized spacial score (nSPS) is 8.36. The molecule has 0 amide bonds. The molecule has 1 unspecified atom stereocenters. The lowest BCUT2D eigenvalue weighted by Crippen LogP contribution is -2.00. The van der Waals surface area contributed by atoms with Crippen LogP contribution in [0.2, 0.25) is 0 Å². The number of hydrogen-bond acceptors (Lipinski definition) is 1. The molecule has 1 atom stereocenters. The number of nitrogen functional groups attached to an aromatic ring is 1. The fourth-order valence-electron chi connectivity index (χ4n) is 0.546. The minimum Gasteiger partial charge on any atom is -0.398 e. The Balaban J connectivity index is 0.000000461. The summed E-state index contributed by atoms with van der Waals surface area (Å²) in [5, 5.41) is 0.704. The van der Waals surface area contributed by atoms with E-state index in [1.165, 1.54) is 18.2 Å². The predicted molar refractivity (Wildman–Crippen MR) is 51.5 cm³/mol. The maximum absolute atomic E-state index is 12.3. The first kappa shape index (κ1) is 10.4. The highest BCUT2D eigenvalue weighted by Gasteiger charge is 1.92. The SMILES string of the molecule is CC.Nc1ccc(F)cc1P. The average molecular weight is 173 g/mol. The van der Waals surface area contributed by atoms with Gasteiger partial charge < -0.3 is 5.73 Å². The molecule has 1 nitrogen and oxygen atoms in total. The molecule has 62 valence electrons. The molecule has 2 N–H and O–H groups in total. The van der Waals surface area contributed by atoms with Crippen molar-refractivity contribution in [1.82, 2.24) is 0 Å². The number of halogens is 1. The van der Waals surface area contributed by atoms with Crippen LogP contribution < -0.4 is 11.0 Å². The van der Waals surface area contributed by atoms with E-state index in [0.29, 0.717) is 11.0 Å². The lowest BCUT2D eigenvalue weighted by molar-refractivity contribution is 0.629. The van der Waals surface area contributed by atoms with E-state index in [-0.39, 0.29) is 5.82 Å². The van der Waals surface area contributed by atoms with E-state index in [9.17, 15) is 4.39 Å². The van der Waals surface area contributed by atoms with E-state index >= 15 is 0 Å². The summed E-state index contributed by atoms with van der Waals surface area (Å²) in [5.41, 5.74) is 6.00. The van der Waals surface area contributed by atoms with Crippen molar-refractivity contribution in [1.29, 1.82) is 0 Å². The van der Waals surface area contributed by atoms with Crippen LogP contribution in [0.1, 0.15) is 13.8 Å². The molecule has 1 aromatic rings. The van der Waals surface area contributed by atoms with E-state index in [1.807, 2.05) is 13.8 Å². The van der Waals surface area contributed by atoms with E-state index in [4.69, 9.17) is 5.73 Å². The van der Waals surface area contributed by atoms with Gasteiger partial charge in [-0.1, -0.05) is 13.8 Å². The lowest BCUT2D eigenvalue weighted by Gasteiger charge is -1.96. The summed E-state index contributed by atoms with van der Waals surface area (Å²) in [6, 6.07) is 4.25. The van der Waals surface area contributed by atoms with Gasteiger partial charge in [-0.2, -0.15) is 0 Å². The first-order valence-electron chi connectivity index (χ1n) is 3.50. The highest BCUT2D eigenvalue weighted by atomic mass is 31.0. The molecule has 1 aromatic carbocycles. The molecule has 0 radical (unpaired) electrons. The third-order valence-electron chi connectivity index (χ3n) is 1.05. The van der Waals surface area contributed by atoms with Crippen molar-refractivity contribution < 1.29 is 4.39 Å². The molecule has 11 heavy (non-hydrogen) atoms. The Hall–Kier alpha value is -0.620. The predicted octanol–water partition coefficient (Wildman–Crippen LogP) is 1.93. The number of nitrogens with two attached hydrogens (primary N) is 1. The Morgan fingerprint density at radius 1 is 1.36 bits per heavy atom. The Kier molecular flexibility index (Phi) is 4.80. The third-order valence-corrected chi connectivity index (χ3v) is 1.55. The van der Waals surface area contributed by atoms with Gasteiger partial charge in [-0.05, 0) is 23.5 Å². The van der Waals surface area contributed by atoms with Crippen LogP contribution in [0.15, 0.2) is 18.2 Å². The van der Waals surface area contributed by atoms with Gasteiger partial charge in [0.1, 0.15) is 5.82 Å². The second-order valence-corrected chi connectivity index (χ2v) is 2.40. The number of rotatable bonds is 0. The number of benzene rings is 1. The quantitative estimate of drug-likeness (QED) is 0.471. The largest absolute Gasteiger partial charge is 0.398 e. The van der Waals surface area contributed by atoms with Crippen molar-refractivity contribution in [3.63, 3.8) is 0 Å². The standard InChI is InChI=1S/C6H7FNP.C2H6/c7-4-1-2-5(8)6(9)3-4;1-2/h1-3H,8-9H2;1-2H3. The lowest BCUT2D eigenvalue weighted by atomic mass is 10.3. The summed E-state index contributed by atoms with van der Waals surface area (Å²) < 4.78 is 12.3. The maximum Gasteiger partial charge on any atom is 0.123 e. The minimum absolute atomic E-state index is 0.255. The second kappa shape index (κ2) is 5.09. The van der Waals surface area contributed by atoms with Crippen molar-refractivity contribution in [3.05, 3.63) is 24.0 Å². The molecular formula is C8H13FNP. The van der Waals surface area contributed by atoms with Crippen LogP contribution in [-0.4, -0.2) is 0 Å². The van der Waals surface area contributed by atoms with Crippen LogP contribution in [-0.2, 0) is 0 Å².